The van der Waals surface area contributed by atoms with Crippen molar-refractivity contribution < 1.29 is 4.79 Å². The van der Waals surface area contributed by atoms with Gasteiger partial charge in [-0.1, -0.05) is 20.8 Å². The van der Waals surface area contributed by atoms with Crippen molar-refractivity contribution in [2.75, 3.05) is 39.3 Å². The topological polar surface area (TPSA) is 61.6 Å². The number of hydrazine groups is 1. The van der Waals surface area contributed by atoms with Gasteiger partial charge in [0.1, 0.15) is 0 Å². The Bertz CT molecular complexity index is 252. The Kier molecular flexibility index (Phi) is 8.97. The maximum absolute atomic E-state index is 11.7. The number of nitrogens with zero attached hydrogens (tertiary/aromatic N) is 2. The van der Waals surface area contributed by atoms with E-state index >= 15 is 0 Å². The molecule has 0 spiro atoms. The highest BCUT2D eigenvalue weighted by molar-refractivity contribution is 5.81. The van der Waals surface area contributed by atoms with Gasteiger partial charge in [-0.15, -0.1) is 0 Å². The van der Waals surface area contributed by atoms with Crippen molar-refractivity contribution in [3.8, 4) is 0 Å². The summed E-state index contributed by atoms with van der Waals surface area (Å²) in [7, 11) is 0. The molecule has 0 aliphatic rings. The summed E-state index contributed by atoms with van der Waals surface area (Å²) in [6, 6.07) is 0. The first-order valence-corrected chi connectivity index (χ1v) is 7.37. The molecule has 0 unspecified atom stereocenters. The SMILES string of the molecule is CCN(CC)CCCN(CC)CC(C)(C)C(=O)NN. The van der Waals surface area contributed by atoms with Crippen LogP contribution in [0.5, 0.6) is 0 Å². The summed E-state index contributed by atoms with van der Waals surface area (Å²) in [5.41, 5.74) is 1.81. The van der Waals surface area contributed by atoms with Gasteiger partial charge in [0.15, 0.2) is 0 Å². The summed E-state index contributed by atoms with van der Waals surface area (Å²) in [6.45, 7) is 16.4. The molecule has 0 aromatic carbocycles. The molecule has 5 nitrogen and oxygen atoms in total. The molecule has 0 aliphatic heterocycles. The predicted molar refractivity (Wildman–Crippen MR) is 80.6 cm³/mol. The highest BCUT2D eigenvalue weighted by atomic mass is 16.2. The van der Waals surface area contributed by atoms with Crippen LogP contribution in [0, 0.1) is 5.41 Å². The van der Waals surface area contributed by atoms with Gasteiger partial charge in [0, 0.05) is 6.54 Å². The molecule has 0 aliphatic carbocycles. The van der Waals surface area contributed by atoms with Crippen LogP contribution >= 0.6 is 0 Å². The minimum Gasteiger partial charge on any atom is -0.304 e. The minimum atomic E-state index is -0.444. The van der Waals surface area contributed by atoms with Gasteiger partial charge < -0.3 is 9.80 Å². The van der Waals surface area contributed by atoms with Crippen LogP contribution in [0.15, 0.2) is 0 Å². The van der Waals surface area contributed by atoms with E-state index in [1.165, 1.54) is 0 Å². The smallest absolute Gasteiger partial charge is 0.240 e. The molecule has 0 saturated heterocycles. The van der Waals surface area contributed by atoms with Gasteiger partial charge in [0.2, 0.25) is 5.91 Å². The van der Waals surface area contributed by atoms with E-state index in [9.17, 15) is 4.79 Å². The Hall–Kier alpha value is -0.650. The van der Waals surface area contributed by atoms with Crippen LogP contribution in [0.1, 0.15) is 41.0 Å². The molecule has 0 fully saturated rings. The van der Waals surface area contributed by atoms with Crippen molar-refractivity contribution in [2.24, 2.45) is 11.3 Å². The summed E-state index contributed by atoms with van der Waals surface area (Å²) in [5.74, 6) is 5.12. The maximum atomic E-state index is 11.7. The Morgan fingerprint density at radius 1 is 1.05 bits per heavy atom. The summed E-state index contributed by atoms with van der Waals surface area (Å²) in [5, 5.41) is 0. The van der Waals surface area contributed by atoms with Crippen molar-refractivity contribution >= 4 is 5.91 Å². The Labute approximate surface area is 118 Å². The monoisotopic (exact) mass is 272 g/mol. The third kappa shape index (κ3) is 6.89. The lowest BCUT2D eigenvalue weighted by atomic mass is 9.91. The lowest BCUT2D eigenvalue weighted by Crippen LogP contribution is -2.47. The second-order valence-electron chi connectivity index (χ2n) is 5.61. The fourth-order valence-electron chi connectivity index (χ4n) is 2.23. The molecule has 1 amide bonds. The van der Waals surface area contributed by atoms with Crippen molar-refractivity contribution in [1.29, 1.82) is 0 Å². The number of rotatable bonds is 10. The number of amides is 1. The van der Waals surface area contributed by atoms with E-state index in [0.717, 1.165) is 45.7 Å². The number of nitrogens with one attached hydrogen (secondary N) is 1. The fourth-order valence-corrected chi connectivity index (χ4v) is 2.23. The van der Waals surface area contributed by atoms with Crippen LogP contribution in [0.4, 0.5) is 0 Å². The second-order valence-corrected chi connectivity index (χ2v) is 5.61. The van der Waals surface area contributed by atoms with Gasteiger partial charge in [-0.25, -0.2) is 5.84 Å². The van der Waals surface area contributed by atoms with Crippen LogP contribution in [0.2, 0.25) is 0 Å². The molecular weight excluding hydrogens is 240 g/mol. The van der Waals surface area contributed by atoms with Crippen molar-refractivity contribution in [3.63, 3.8) is 0 Å². The largest absolute Gasteiger partial charge is 0.304 e. The molecular formula is C14H32N4O. The minimum absolute atomic E-state index is 0.102. The molecule has 3 N–H and O–H groups in total. The number of carbonyl (C=O) groups excluding carboxylic acids is 1. The molecule has 0 bridgehead atoms. The molecule has 0 aromatic heterocycles. The first-order valence-electron chi connectivity index (χ1n) is 7.37. The van der Waals surface area contributed by atoms with Gasteiger partial charge >= 0.3 is 0 Å². The Morgan fingerprint density at radius 2 is 1.53 bits per heavy atom. The lowest BCUT2D eigenvalue weighted by Gasteiger charge is -2.31. The third-order valence-corrected chi connectivity index (χ3v) is 3.65. The zero-order valence-electron chi connectivity index (χ0n) is 13.3. The molecule has 114 valence electrons. The van der Waals surface area contributed by atoms with Gasteiger partial charge in [-0.05, 0) is 53.0 Å². The molecule has 5 heteroatoms. The van der Waals surface area contributed by atoms with Crippen molar-refractivity contribution in [2.45, 2.75) is 41.0 Å². The predicted octanol–water partition coefficient (Wildman–Crippen LogP) is 1.06. The molecule has 0 radical (unpaired) electrons. The van der Waals surface area contributed by atoms with E-state index in [0.29, 0.717) is 0 Å². The Balaban J connectivity index is 4.18. The van der Waals surface area contributed by atoms with Crippen molar-refractivity contribution in [1.82, 2.24) is 15.2 Å². The maximum Gasteiger partial charge on any atom is 0.240 e. The highest BCUT2D eigenvalue weighted by Crippen LogP contribution is 2.17. The van der Waals surface area contributed by atoms with Gasteiger partial charge in [-0.3, -0.25) is 10.2 Å². The summed E-state index contributed by atoms with van der Waals surface area (Å²) >= 11 is 0. The molecule has 0 rings (SSSR count). The highest BCUT2D eigenvalue weighted by Gasteiger charge is 2.28. The average molecular weight is 272 g/mol. The fraction of sp³-hybridized carbons (Fsp3) is 0.929. The zero-order valence-corrected chi connectivity index (χ0v) is 13.3. The zero-order chi connectivity index (χ0) is 14.9. The normalized spacial score (nSPS) is 12.2. The van der Waals surface area contributed by atoms with E-state index in [-0.39, 0.29) is 5.91 Å². The van der Waals surface area contributed by atoms with E-state index in [1.807, 2.05) is 13.8 Å². The number of hydrogen-bond acceptors (Lipinski definition) is 4. The summed E-state index contributed by atoms with van der Waals surface area (Å²) < 4.78 is 0. The van der Waals surface area contributed by atoms with Gasteiger partial charge in [-0.2, -0.15) is 0 Å². The van der Waals surface area contributed by atoms with Crippen LogP contribution < -0.4 is 11.3 Å². The van der Waals surface area contributed by atoms with Gasteiger partial charge in [0.05, 0.1) is 5.41 Å². The standard InChI is InChI=1S/C14H32N4O/c1-6-17(7-2)10-9-11-18(8-3)12-14(4,5)13(19)16-15/h6-12,15H2,1-5H3,(H,16,19). The van der Waals surface area contributed by atoms with E-state index < -0.39 is 5.41 Å². The molecule has 0 aromatic rings. The second kappa shape index (κ2) is 9.28. The average Bonchev–Trinajstić information content (AvgIpc) is 2.41. The first-order chi connectivity index (χ1) is 8.91. The van der Waals surface area contributed by atoms with Crippen molar-refractivity contribution in [3.05, 3.63) is 0 Å². The molecule has 19 heavy (non-hydrogen) atoms. The van der Waals surface area contributed by atoms with E-state index in [4.69, 9.17) is 5.84 Å². The molecule has 0 atom stereocenters. The Morgan fingerprint density at radius 3 is 1.95 bits per heavy atom. The quantitative estimate of drug-likeness (QED) is 0.355. The van der Waals surface area contributed by atoms with E-state index in [1.54, 1.807) is 0 Å². The van der Waals surface area contributed by atoms with Crippen LogP contribution in [-0.4, -0.2) is 55.0 Å². The first kappa shape index (κ1) is 18.4. The number of carbonyl (C=O) groups is 1. The third-order valence-electron chi connectivity index (χ3n) is 3.65. The van der Waals surface area contributed by atoms with Crippen LogP contribution in [0.25, 0.3) is 0 Å². The van der Waals surface area contributed by atoms with Crippen LogP contribution in [0.3, 0.4) is 0 Å². The summed E-state index contributed by atoms with van der Waals surface area (Å²) in [6.07, 6.45) is 1.13. The van der Waals surface area contributed by atoms with E-state index in [2.05, 4.69) is 36.0 Å². The van der Waals surface area contributed by atoms with Gasteiger partial charge in [0.25, 0.3) is 0 Å². The lowest BCUT2D eigenvalue weighted by molar-refractivity contribution is -0.130. The number of nitrogens with two attached hydrogens (primary N) is 1. The molecule has 0 saturated carbocycles. The summed E-state index contributed by atoms with van der Waals surface area (Å²) in [4.78, 5) is 16.4. The van der Waals surface area contributed by atoms with Crippen LogP contribution in [-0.2, 0) is 4.79 Å². The molecule has 0 heterocycles. The number of hydrogen-bond donors (Lipinski definition) is 2.